The maximum atomic E-state index is 12.8. The number of unbranched alkanes of at least 4 members (excludes halogenated alkanes) is 1. The molecule has 0 saturated carbocycles. The molecule has 6 nitrogen and oxygen atoms in total. The van der Waals surface area contributed by atoms with Crippen molar-refractivity contribution in [3.05, 3.63) is 23.9 Å². The highest BCUT2D eigenvalue weighted by molar-refractivity contribution is 5.81. The zero-order valence-corrected chi connectivity index (χ0v) is 16.0. The van der Waals surface area contributed by atoms with Crippen molar-refractivity contribution in [2.24, 2.45) is 0 Å². The van der Waals surface area contributed by atoms with Crippen LogP contribution in [-0.2, 0) is 11.0 Å². The number of hydrogen-bond donors (Lipinski definition) is 2. The van der Waals surface area contributed by atoms with Crippen molar-refractivity contribution in [2.75, 3.05) is 50.7 Å². The number of hydrogen-bond acceptors (Lipinski definition) is 5. The summed E-state index contributed by atoms with van der Waals surface area (Å²) in [5.74, 6) is 0.484. The summed E-state index contributed by atoms with van der Waals surface area (Å²) in [7, 11) is 0. The van der Waals surface area contributed by atoms with Gasteiger partial charge in [-0.25, -0.2) is 4.98 Å². The third-order valence-electron chi connectivity index (χ3n) is 5.30. The van der Waals surface area contributed by atoms with E-state index >= 15 is 0 Å². The van der Waals surface area contributed by atoms with Crippen LogP contribution in [0.4, 0.5) is 19.0 Å². The highest BCUT2D eigenvalue weighted by Crippen LogP contribution is 2.29. The fourth-order valence-electron chi connectivity index (χ4n) is 3.66. The van der Waals surface area contributed by atoms with Gasteiger partial charge in [0.15, 0.2) is 0 Å². The summed E-state index contributed by atoms with van der Waals surface area (Å²) >= 11 is 0. The van der Waals surface area contributed by atoms with Gasteiger partial charge in [-0.2, -0.15) is 13.2 Å². The number of carbonyl (C=O) groups is 1. The Morgan fingerprint density at radius 1 is 1.21 bits per heavy atom. The van der Waals surface area contributed by atoms with Crippen LogP contribution in [0.2, 0.25) is 0 Å². The Morgan fingerprint density at radius 2 is 2.00 bits per heavy atom. The summed E-state index contributed by atoms with van der Waals surface area (Å²) < 4.78 is 38.5. The van der Waals surface area contributed by atoms with Gasteiger partial charge in [0.1, 0.15) is 11.5 Å². The van der Waals surface area contributed by atoms with Crippen LogP contribution in [0.5, 0.6) is 0 Å². The van der Waals surface area contributed by atoms with Crippen molar-refractivity contribution in [3.8, 4) is 0 Å². The van der Waals surface area contributed by atoms with Crippen LogP contribution in [0.25, 0.3) is 0 Å². The number of amides is 1. The minimum absolute atomic E-state index is 0.0301. The number of carbonyl (C=O) groups excluding carboxylic acids is 1. The lowest BCUT2D eigenvalue weighted by Gasteiger charge is -2.35. The number of anilines is 1. The average molecular weight is 399 g/mol. The summed E-state index contributed by atoms with van der Waals surface area (Å²) in [4.78, 5) is 19.9. The van der Waals surface area contributed by atoms with E-state index in [0.29, 0.717) is 25.5 Å². The van der Waals surface area contributed by atoms with Gasteiger partial charge in [-0.3, -0.25) is 9.69 Å². The molecule has 2 N–H and O–H groups in total. The summed E-state index contributed by atoms with van der Waals surface area (Å²) in [6.45, 7) is 5.47. The first-order chi connectivity index (χ1) is 13.4. The predicted octanol–water partition coefficient (Wildman–Crippen LogP) is 1.87. The van der Waals surface area contributed by atoms with Crippen molar-refractivity contribution in [2.45, 2.75) is 37.9 Å². The fraction of sp³-hybridized carbons (Fsp3) is 0.684. The third kappa shape index (κ3) is 5.81. The van der Waals surface area contributed by atoms with E-state index in [9.17, 15) is 18.0 Å². The molecule has 0 bridgehead atoms. The summed E-state index contributed by atoms with van der Waals surface area (Å²) in [6, 6.07) is 4.01. The van der Waals surface area contributed by atoms with E-state index in [2.05, 4.69) is 20.5 Å². The summed E-state index contributed by atoms with van der Waals surface area (Å²) in [5, 5.41) is 6.17. The first-order valence-corrected chi connectivity index (χ1v) is 9.96. The van der Waals surface area contributed by atoms with Crippen molar-refractivity contribution < 1.29 is 18.0 Å². The molecule has 2 saturated heterocycles. The maximum absolute atomic E-state index is 12.8. The minimum Gasteiger partial charge on any atom is -0.355 e. The highest BCUT2D eigenvalue weighted by Gasteiger charge is 2.33. The molecular formula is C19H28F3N5O. The molecule has 1 amide bonds. The topological polar surface area (TPSA) is 60.5 Å². The van der Waals surface area contributed by atoms with Crippen LogP contribution >= 0.6 is 0 Å². The van der Waals surface area contributed by atoms with Crippen LogP contribution in [0, 0.1) is 0 Å². The number of halogens is 3. The Balaban J connectivity index is 1.33. The number of piperazine rings is 1. The van der Waals surface area contributed by atoms with E-state index in [4.69, 9.17) is 0 Å². The monoisotopic (exact) mass is 399 g/mol. The van der Waals surface area contributed by atoms with Crippen LogP contribution in [0.3, 0.4) is 0 Å². The lowest BCUT2D eigenvalue weighted by atomic mass is 10.2. The largest absolute Gasteiger partial charge is 0.433 e. The Bertz CT molecular complexity index is 641. The normalized spacial score (nSPS) is 21.1. The number of nitrogens with zero attached hydrogens (tertiary/aromatic N) is 3. The molecule has 0 aromatic carbocycles. The summed E-state index contributed by atoms with van der Waals surface area (Å²) in [5.41, 5.74) is -0.845. The Hall–Kier alpha value is -1.87. The van der Waals surface area contributed by atoms with Crippen molar-refractivity contribution in [3.63, 3.8) is 0 Å². The molecule has 2 aliphatic rings. The van der Waals surface area contributed by atoms with Crippen LogP contribution in [0.15, 0.2) is 18.2 Å². The van der Waals surface area contributed by atoms with Gasteiger partial charge in [0.2, 0.25) is 5.91 Å². The minimum atomic E-state index is -4.42. The predicted molar refractivity (Wildman–Crippen MR) is 101 cm³/mol. The van der Waals surface area contributed by atoms with Gasteiger partial charge < -0.3 is 15.5 Å². The second-order valence-electron chi connectivity index (χ2n) is 7.35. The maximum Gasteiger partial charge on any atom is 0.433 e. The van der Waals surface area contributed by atoms with Crippen molar-refractivity contribution in [1.82, 2.24) is 20.5 Å². The molecule has 0 spiro atoms. The van der Waals surface area contributed by atoms with Gasteiger partial charge in [-0.1, -0.05) is 6.07 Å². The molecular weight excluding hydrogens is 371 g/mol. The van der Waals surface area contributed by atoms with Crippen molar-refractivity contribution >= 4 is 11.7 Å². The van der Waals surface area contributed by atoms with Crippen LogP contribution < -0.4 is 15.5 Å². The molecule has 3 rings (SSSR count). The fourth-order valence-corrected chi connectivity index (χ4v) is 3.66. The molecule has 9 heteroatoms. The quantitative estimate of drug-likeness (QED) is 0.686. The van der Waals surface area contributed by atoms with E-state index in [1.807, 2.05) is 4.90 Å². The molecule has 28 heavy (non-hydrogen) atoms. The lowest BCUT2D eigenvalue weighted by Crippen LogP contribution is -2.47. The van der Waals surface area contributed by atoms with Gasteiger partial charge in [0.05, 0.1) is 6.04 Å². The van der Waals surface area contributed by atoms with Crippen LogP contribution in [0.1, 0.15) is 31.4 Å². The van der Waals surface area contributed by atoms with E-state index in [1.165, 1.54) is 6.07 Å². The second-order valence-corrected chi connectivity index (χ2v) is 7.35. The van der Waals surface area contributed by atoms with E-state index < -0.39 is 11.9 Å². The zero-order valence-electron chi connectivity index (χ0n) is 16.0. The number of nitrogens with one attached hydrogen (secondary N) is 2. The third-order valence-corrected chi connectivity index (χ3v) is 5.30. The molecule has 1 atom stereocenters. The van der Waals surface area contributed by atoms with E-state index in [0.717, 1.165) is 57.9 Å². The number of aromatic nitrogens is 1. The van der Waals surface area contributed by atoms with Gasteiger partial charge in [-0.05, 0) is 50.9 Å². The summed E-state index contributed by atoms with van der Waals surface area (Å²) in [6.07, 6.45) is -0.536. The standard InChI is InChI=1S/C19H28F3N5O/c20-19(21,22)16-6-3-7-17(25-16)27-13-11-26(12-14-27)10-2-1-8-24-18(28)15-5-4-9-23-15/h3,6-7,15,23H,1-2,4-5,8-14H2,(H,24,28)/t15-/m0/s1. The Labute approximate surface area is 163 Å². The second kappa shape index (κ2) is 9.56. The molecule has 2 aliphatic heterocycles. The SMILES string of the molecule is O=C(NCCCCN1CCN(c2cccc(C(F)(F)F)n2)CC1)[C@@H]1CCCN1. The van der Waals surface area contributed by atoms with Crippen molar-refractivity contribution in [1.29, 1.82) is 0 Å². The van der Waals surface area contributed by atoms with Gasteiger partial charge in [0.25, 0.3) is 0 Å². The van der Waals surface area contributed by atoms with Gasteiger partial charge >= 0.3 is 6.18 Å². The van der Waals surface area contributed by atoms with Gasteiger partial charge in [0, 0.05) is 32.7 Å². The molecule has 0 unspecified atom stereocenters. The zero-order chi connectivity index (χ0) is 20.0. The first-order valence-electron chi connectivity index (χ1n) is 9.96. The number of pyridine rings is 1. The lowest BCUT2D eigenvalue weighted by molar-refractivity contribution is -0.141. The molecule has 0 aliphatic carbocycles. The molecule has 3 heterocycles. The molecule has 2 fully saturated rings. The highest BCUT2D eigenvalue weighted by atomic mass is 19.4. The average Bonchev–Trinajstić information content (AvgIpc) is 3.22. The smallest absolute Gasteiger partial charge is 0.355 e. The number of alkyl halides is 3. The Kier molecular flexibility index (Phi) is 7.12. The van der Waals surface area contributed by atoms with E-state index in [-0.39, 0.29) is 11.9 Å². The van der Waals surface area contributed by atoms with Gasteiger partial charge in [-0.15, -0.1) is 0 Å². The number of rotatable bonds is 7. The van der Waals surface area contributed by atoms with Crippen LogP contribution in [-0.4, -0.2) is 67.6 Å². The molecule has 0 radical (unpaired) electrons. The molecule has 1 aromatic heterocycles. The van der Waals surface area contributed by atoms with E-state index in [1.54, 1.807) is 6.07 Å². The Morgan fingerprint density at radius 3 is 2.68 bits per heavy atom. The molecule has 1 aromatic rings. The molecule has 156 valence electrons. The first kappa shape index (κ1) is 20.9.